The number of aliphatic carboxylic acids is 1. The molecule has 0 aliphatic rings. The van der Waals surface area contributed by atoms with Gasteiger partial charge in [-0.15, -0.1) is 0 Å². The summed E-state index contributed by atoms with van der Waals surface area (Å²) in [5, 5.41) is 11.7. The largest absolute Gasteiger partial charge is 0.481 e. The number of carbonyl (C=O) groups is 5. The van der Waals surface area contributed by atoms with E-state index < -0.39 is 60.0 Å². The van der Waals surface area contributed by atoms with Crippen molar-refractivity contribution in [2.75, 3.05) is 0 Å². The van der Waals surface area contributed by atoms with E-state index in [9.17, 15) is 29.1 Å². The van der Waals surface area contributed by atoms with Gasteiger partial charge in [0.1, 0.15) is 30.3 Å². The summed E-state index contributed by atoms with van der Waals surface area (Å²) < 4.78 is 10.6. The molecule has 2 rings (SSSR count). The number of nitrogens with one attached hydrogen (secondary N) is 1. The van der Waals surface area contributed by atoms with E-state index in [1.807, 2.05) is 6.07 Å². The van der Waals surface area contributed by atoms with Crippen LogP contribution in [0.25, 0.3) is 0 Å². The zero-order valence-electron chi connectivity index (χ0n) is 24.2. The summed E-state index contributed by atoms with van der Waals surface area (Å²) in [6, 6.07) is 14.0. The molecule has 12 heteroatoms. The molecule has 0 aromatic heterocycles. The number of esters is 1. The quantitative estimate of drug-likeness (QED) is 0.228. The van der Waals surface area contributed by atoms with Crippen LogP contribution in [-0.2, 0) is 41.8 Å². The van der Waals surface area contributed by atoms with E-state index in [2.05, 4.69) is 5.32 Å². The lowest BCUT2D eigenvalue weighted by Crippen LogP contribution is -2.55. The number of carboxylic acid groups (broad SMARTS) is 1. The van der Waals surface area contributed by atoms with Crippen LogP contribution in [0.5, 0.6) is 0 Å². The molecule has 228 valence electrons. The predicted molar refractivity (Wildman–Crippen MR) is 153 cm³/mol. The van der Waals surface area contributed by atoms with E-state index in [0.717, 1.165) is 10.5 Å². The van der Waals surface area contributed by atoms with E-state index in [1.54, 1.807) is 75.4 Å². The number of ether oxygens (including phenoxy) is 2. The summed E-state index contributed by atoms with van der Waals surface area (Å²) in [5.74, 6) is -3.49. The van der Waals surface area contributed by atoms with Gasteiger partial charge in [0.15, 0.2) is 0 Å². The van der Waals surface area contributed by atoms with Crippen molar-refractivity contribution in [1.82, 2.24) is 10.2 Å². The number of amides is 3. The Morgan fingerprint density at radius 2 is 1.48 bits per heavy atom. The number of hydrogen-bond donors (Lipinski definition) is 4. The van der Waals surface area contributed by atoms with Gasteiger partial charge in [-0.25, -0.2) is 4.79 Å². The fraction of sp³-hybridized carbons (Fsp3) is 0.433. The molecule has 3 amide bonds. The van der Waals surface area contributed by atoms with Gasteiger partial charge in [-0.1, -0.05) is 60.7 Å². The molecule has 0 heterocycles. The summed E-state index contributed by atoms with van der Waals surface area (Å²) >= 11 is 0. The topological polar surface area (TPSA) is 191 Å². The summed E-state index contributed by atoms with van der Waals surface area (Å²) in [6.07, 6.45) is -1.74. The number of carboxylic acids is 1. The summed E-state index contributed by atoms with van der Waals surface area (Å²) in [5.41, 5.74) is 12.2. The Morgan fingerprint density at radius 1 is 0.905 bits per heavy atom. The van der Waals surface area contributed by atoms with Gasteiger partial charge in [-0.2, -0.15) is 0 Å². The molecule has 2 aromatic carbocycles. The number of carbonyl (C=O) groups excluding carboxylic acids is 4. The molecule has 42 heavy (non-hydrogen) atoms. The first-order valence-electron chi connectivity index (χ1n) is 13.6. The highest BCUT2D eigenvalue weighted by Crippen LogP contribution is 2.18. The highest BCUT2D eigenvalue weighted by Gasteiger charge is 2.35. The third-order valence-corrected chi connectivity index (χ3v) is 6.10. The Kier molecular flexibility index (Phi) is 12.9. The molecule has 12 nitrogen and oxygen atoms in total. The van der Waals surface area contributed by atoms with Crippen molar-refractivity contribution >= 4 is 29.8 Å². The van der Waals surface area contributed by atoms with Crippen LogP contribution in [0.4, 0.5) is 4.79 Å². The molecule has 0 fully saturated rings. The van der Waals surface area contributed by atoms with Crippen LogP contribution in [-0.4, -0.2) is 63.6 Å². The molecule has 0 radical (unpaired) electrons. The van der Waals surface area contributed by atoms with E-state index in [1.165, 1.54) is 0 Å². The fourth-order valence-electron chi connectivity index (χ4n) is 4.04. The average Bonchev–Trinajstić information content (AvgIpc) is 2.92. The first kappa shape index (κ1) is 33.8. The van der Waals surface area contributed by atoms with Gasteiger partial charge < -0.3 is 36.3 Å². The molecule has 0 aliphatic heterocycles. The van der Waals surface area contributed by atoms with Gasteiger partial charge in [0, 0.05) is 13.0 Å². The van der Waals surface area contributed by atoms with Crippen LogP contribution in [0.1, 0.15) is 57.6 Å². The van der Waals surface area contributed by atoms with Gasteiger partial charge in [-0.05, 0) is 51.2 Å². The van der Waals surface area contributed by atoms with Crippen LogP contribution < -0.4 is 16.8 Å². The number of hydrogen-bond acceptors (Lipinski definition) is 8. The smallest absolute Gasteiger partial charge is 0.408 e. The van der Waals surface area contributed by atoms with Crippen LogP contribution in [0.3, 0.4) is 0 Å². The Bertz CT molecular complexity index is 1200. The van der Waals surface area contributed by atoms with Crippen molar-refractivity contribution in [3.8, 4) is 0 Å². The maximum absolute atomic E-state index is 14.0. The van der Waals surface area contributed by atoms with Crippen molar-refractivity contribution in [1.29, 1.82) is 0 Å². The van der Waals surface area contributed by atoms with E-state index >= 15 is 0 Å². The third-order valence-electron chi connectivity index (χ3n) is 6.10. The molecule has 2 aromatic rings. The lowest BCUT2D eigenvalue weighted by Gasteiger charge is -2.33. The normalized spacial score (nSPS) is 13.2. The van der Waals surface area contributed by atoms with Gasteiger partial charge in [-0.3, -0.25) is 19.2 Å². The third kappa shape index (κ3) is 12.0. The van der Waals surface area contributed by atoms with Crippen LogP contribution in [0.15, 0.2) is 60.7 Å². The fourth-order valence-corrected chi connectivity index (χ4v) is 4.04. The summed E-state index contributed by atoms with van der Waals surface area (Å²) in [4.78, 5) is 64.1. The summed E-state index contributed by atoms with van der Waals surface area (Å²) in [7, 11) is 0. The maximum atomic E-state index is 14.0. The lowest BCUT2D eigenvalue weighted by molar-refractivity contribution is -0.147. The Labute approximate surface area is 245 Å². The minimum absolute atomic E-state index is 0.0145. The second-order valence-electron chi connectivity index (χ2n) is 10.8. The number of benzene rings is 2. The van der Waals surface area contributed by atoms with E-state index in [-0.39, 0.29) is 32.4 Å². The Morgan fingerprint density at radius 3 is 2.00 bits per heavy atom. The van der Waals surface area contributed by atoms with Crippen LogP contribution >= 0.6 is 0 Å². The number of rotatable bonds is 15. The molecular weight excluding hydrogens is 544 g/mol. The van der Waals surface area contributed by atoms with Crippen molar-refractivity contribution < 1.29 is 38.6 Å². The molecule has 0 aliphatic carbocycles. The first-order valence-corrected chi connectivity index (χ1v) is 13.6. The van der Waals surface area contributed by atoms with Crippen molar-refractivity contribution in [2.24, 2.45) is 11.5 Å². The predicted octanol–water partition coefficient (Wildman–Crippen LogP) is 2.48. The number of nitrogens with zero attached hydrogens (tertiary/aromatic N) is 1. The number of nitrogens with two attached hydrogens (primary N) is 2. The molecule has 6 N–H and O–H groups in total. The number of alkyl carbamates (subject to hydrolysis) is 1. The maximum Gasteiger partial charge on any atom is 0.408 e. The zero-order chi connectivity index (χ0) is 31.3. The number of primary amides is 1. The van der Waals surface area contributed by atoms with Crippen LogP contribution in [0, 0.1) is 0 Å². The zero-order valence-corrected chi connectivity index (χ0v) is 24.2. The molecular formula is C30H40N4O8. The molecule has 0 spiro atoms. The lowest BCUT2D eigenvalue weighted by atomic mass is 10.0. The molecule has 0 saturated carbocycles. The Hall–Kier alpha value is -4.45. The SMILES string of the molecule is CC(C)(C)OC(=O)N[C@@H](CCC(N)C(=O)OCc1ccccc1)C(=O)N(Cc1ccccc1)[C@H](CCC(=O)O)C(N)=O. The average molecular weight is 585 g/mol. The van der Waals surface area contributed by atoms with E-state index in [4.69, 9.17) is 20.9 Å². The Balaban J connectivity index is 2.29. The summed E-state index contributed by atoms with van der Waals surface area (Å²) in [6.45, 7) is 4.88. The van der Waals surface area contributed by atoms with Gasteiger partial charge in [0.2, 0.25) is 11.8 Å². The van der Waals surface area contributed by atoms with Gasteiger partial charge in [0.05, 0.1) is 0 Å². The van der Waals surface area contributed by atoms with Gasteiger partial charge in [0.25, 0.3) is 0 Å². The van der Waals surface area contributed by atoms with E-state index in [0.29, 0.717) is 5.56 Å². The standard InChI is InChI=1S/C30H40N4O8/c1-30(2,3)42-29(40)33-23(15-14-22(31)28(39)41-19-21-12-8-5-9-13-21)27(38)34(18-20-10-6-4-7-11-20)24(26(32)37)16-17-25(35)36/h4-13,22-24H,14-19,31H2,1-3H3,(H2,32,37)(H,33,40)(H,35,36)/t22?,23-,24+/m0/s1. The minimum Gasteiger partial charge on any atom is -0.481 e. The molecule has 0 saturated heterocycles. The second-order valence-corrected chi connectivity index (χ2v) is 10.8. The first-order chi connectivity index (χ1) is 19.8. The highest BCUT2D eigenvalue weighted by molar-refractivity contribution is 5.91. The minimum atomic E-state index is -1.29. The van der Waals surface area contributed by atoms with Crippen molar-refractivity contribution in [3.63, 3.8) is 0 Å². The van der Waals surface area contributed by atoms with Crippen molar-refractivity contribution in [2.45, 2.75) is 83.3 Å². The van der Waals surface area contributed by atoms with Crippen LogP contribution in [0.2, 0.25) is 0 Å². The molecule has 3 atom stereocenters. The highest BCUT2D eigenvalue weighted by atomic mass is 16.6. The molecule has 0 bridgehead atoms. The van der Waals surface area contributed by atoms with Crippen molar-refractivity contribution in [3.05, 3.63) is 71.8 Å². The second kappa shape index (κ2) is 16.1. The van der Waals surface area contributed by atoms with Gasteiger partial charge >= 0.3 is 18.0 Å². The monoisotopic (exact) mass is 584 g/mol. The molecule has 1 unspecified atom stereocenters.